The lowest BCUT2D eigenvalue weighted by Crippen LogP contribution is -2.39. The Bertz CT molecular complexity index is 764. The first kappa shape index (κ1) is 15.3. The van der Waals surface area contributed by atoms with Crippen molar-refractivity contribution in [3.8, 4) is 0 Å². The van der Waals surface area contributed by atoms with Crippen LogP contribution in [0.15, 0.2) is 30.4 Å². The number of hydrogen-bond donors (Lipinski definition) is 1. The molecule has 1 saturated carbocycles. The van der Waals surface area contributed by atoms with Gasteiger partial charge in [0, 0.05) is 5.69 Å². The normalized spacial score (nSPS) is 30.2. The molecule has 7 heteroatoms. The van der Waals surface area contributed by atoms with Gasteiger partial charge in [-0.05, 0) is 36.5 Å². The second-order valence-corrected chi connectivity index (χ2v) is 6.85. The molecule has 4 unspecified atom stereocenters. The zero-order chi connectivity index (χ0) is 17.0. The summed E-state index contributed by atoms with van der Waals surface area (Å²) in [4.78, 5) is 38.2. The van der Waals surface area contributed by atoms with E-state index in [0.29, 0.717) is 5.69 Å². The third-order valence-electron chi connectivity index (χ3n) is 5.07. The molecule has 3 amide bonds. The van der Waals surface area contributed by atoms with Crippen molar-refractivity contribution in [3.05, 3.63) is 41.2 Å². The Morgan fingerprint density at radius 1 is 1.21 bits per heavy atom. The number of carbonyl (C=O) groups excluding carboxylic acids is 3. The molecule has 4 atom stereocenters. The number of amides is 3. The van der Waals surface area contributed by atoms with Crippen molar-refractivity contribution in [2.75, 3.05) is 11.9 Å². The van der Waals surface area contributed by atoms with Crippen molar-refractivity contribution in [3.63, 3.8) is 0 Å². The highest BCUT2D eigenvalue weighted by Crippen LogP contribution is 2.52. The predicted octanol–water partition coefficient (Wildman–Crippen LogP) is 2.22. The van der Waals surface area contributed by atoms with Gasteiger partial charge in [0.05, 0.1) is 16.9 Å². The lowest BCUT2D eigenvalue weighted by Gasteiger charge is -2.16. The van der Waals surface area contributed by atoms with Gasteiger partial charge in [0.15, 0.2) is 0 Å². The third-order valence-corrected chi connectivity index (χ3v) is 5.36. The average Bonchev–Trinajstić information content (AvgIpc) is 3.21. The van der Waals surface area contributed by atoms with Crippen molar-refractivity contribution in [2.24, 2.45) is 23.7 Å². The minimum atomic E-state index is -0.588. The van der Waals surface area contributed by atoms with Gasteiger partial charge in [-0.1, -0.05) is 23.8 Å². The summed E-state index contributed by atoms with van der Waals surface area (Å²) in [7, 11) is 0. The predicted molar refractivity (Wildman–Crippen MR) is 84.5 cm³/mol. The maximum absolute atomic E-state index is 13.1. The molecule has 3 aliphatic rings. The quantitative estimate of drug-likeness (QED) is 0.673. The standard InChI is InChI=1S/C17H14ClFN2O3/c18-11-6-10(3-4-12(11)19)20-13(22)7-21-16(23)14-8-1-2-9(5-8)15(14)17(21)24/h1-4,6,8-9,14-15H,5,7H2,(H,20,22). The van der Waals surface area contributed by atoms with Gasteiger partial charge in [0.2, 0.25) is 17.7 Å². The molecule has 1 aromatic carbocycles. The Kier molecular flexibility index (Phi) is 3.46. The van der Waals surface area contributed by atoms with Crippen molar-refractivity contribution in [1.29, 1.82) is 0 Å². The molecular weight excluding hydrogens is 335 g/mol. The van der Waals surface area contributed by atoms with Crippen LogP contribution in [0.2, 0.25) is 5.02 Å². The summed E-state index contributed by atoms with van der Waals surface area (Å²) in [5, 5.41) is 2.42. The highest BCUT2D eigenvalue weighted by molar-refractivity contribution is 6.31. The van der Waals surface area contributed by atoms with Crippen LogP contribution in [0.4, 0.5) is 10.1 Å². The second-order valence-electron chi connectivity index (χ2n) is 6.44. The fourth-order valence-corrected chi connectivity index (χ4v) is 4.22. The van der Waals surface area contributed by atoms with Crippen LogP contribution in [0, 0.1) is 29.5 Å². The molecule has 1 aliphatic heterocycles. The lowest BCUT2D eigenvalue weighted by molar-refractivity contribution is -0.143. The summed E-state index contributed by atoms with van der Waals surface area (Å²) in [5.74, 6) is -2.06. The second kappa shape index (κ2) is 5.41. The summed E-state index contributed by atoms with van der Waals surface area (Å²) in [6, 6.07) is 3.78. The van der Waals surface area contributed by atoms with E-state index in [4.69, 9.17) is 11.6 Å². The minimum Gasteiger partial charge on any atom is -0.324 e. The van der Waals surface area contributed by atoms with E-state index in [1.54, 1.807) is 0 Å². The third kappa shape index (κ3) is 2.24. The SMILES string of the molecule is O=C(CN1C(=O)C2C3C=CC(C3)C2C1=O)Nc1ccc(F)c(Cl)c1. The Labute approximate surface area is 142 Å². The number of nitrogens with one attached hydrogen (secondary N) is 1. The monoisotopic (exact) mass is 348 g/mol. The van der Waals surface area contributed by atoms with Crippen LogP contribution in [0.1, 0.15) is 6.42 Å². The topological polar surface area (TPSA) is 66.5 Å². The fourth-order valence-electron chi connectivity index (χ4n) is 4.04. The fraction of sp³-hybridized carbons (Fsp3) is 0.353. The van der Waals surface area contributed by atoms with E-state index in [9.17, 15) is 18.8 Å². The Morgan fingerprint density at radius 3 is 2.42 bits per heavy atom. The molecule has 1 heterocycles. The number of allylic oxidation sites excluding steroid dienone is 2. The molecule has 0 aromatic heterocycles. The summed E-state index contributed by atoms with van der Waals surface area (Å²) in [6.45, 7) is -0.334. The van der Waals surface area contributed by atoms with Crippen LogP contribution in [0.25, 0.3) is 0 Å². The number of anilines is 1. The van der Waals surface area contributed by atoms with E-state index in [2.05, 4.69) is 5.32 Å². The van der Waals surface area contributed by atoms with Crippen LogP contribution >= 0.6 is 11.6 Å². The van der Waals surface area contributed by atoms with Crippen molar-refractivity contribution in [2.45, 2.75) is 6.42 Å². The van der Waals surface area contributed by atoms with E-state index in [1.165, 1.54) is 12.1 Å². The molecule has 124 valence electrons. The van der Waals surface area contributed by atoms with Gasteiger partial charge in [-0.3, -0.25) is 19.3 Å². The zero-order valence-corrected chi connectivity index (χ0v) is 13.3. The van der Waals surface area contributed by atoms with Crippen LogP contribution in [0.3, 0.4) is 0 Å². The number of imide groups is 1. The molecule has 2 bridgehead atoms. The Morgan fingerprint density at radius 2 is 1.83 bits per heavy atom. The number of fused-ring (bicyclic) bond motifs is 5. The molecule has 1 aromatic rings. The Balaban J connectivity index is 1.46. The lowest BCUT2D eigenvalue weighted by atomic mass is 9.85. The number of carbonyl (C=O) groups is 3. The number of rotatable bonds is 3. The highest BCUT2D eigenvalue weighted by atomic mass is 35.5. The van der Waals surface area contributed by atoms with E-state index >= 15 is 0 Å². The number of nitrogens with zero attached hydrogens (tertiary/aromatic N) is 1. The molecule has 0 radical (unpaired) electrons. The van der Waals surface area contributed by atoms with Crippen molar-refractivity contribution in [1.82, 2.24) is 4.90 Å². The average molecular weight is 349 g/mol. The summed E-state index contributed by atoms with van der Waals surface area (Å²) in [6.07, 6.45) is 4.85. The van der Waals surface area contributed by atoms with Gasteiger partial charge in [0.1, 0.15) is 12.4 Å². The summed E-state index contributed by atoms with van der Waals surface area (Å²) in [5.41, 5.74) is 0.312. The molecule has 24 heavy (non-hydrogen) atoms. The van der Waals surface area contributed by atoms with Gasteiger partial charge in [-0.15, -0.1) is 0 Å². The maximum atomic E-state index is 13.1. The first-order valence-corrected chi connectivity index (χ1v) is 8.12. The van der Waals surface area contributed by atoms with Gasteiger partial charge >= 0.3 is 0 Å². The van der Waals surface area contributed by atoms with Gasteiger partial charge in [-0.25, -0.2) is 4.39 Å². The largest absolute Gasteiger partial charge is 0.324 e. The number of likely N-dealkylation sites (tertiary alicyclic amines) is 1. The summed E-state index contributed by atoms with van der Waals surface area (Å²) < 4.78 is 13.1. The van der Waals surface area contributed by atoms with E-state index in [1.807, 2.05) is 12.2 Å². The van der Waals surface area contributed by atoms with Gasteiger partial charge < -0.3 is 5.32 Å². The first-order chi connectivity index (χ1) is 11.5. The molecule has 2 aliphatic carbocycles. The molecule has 0 spiro atoms. The Hall–Kier alpha value is -2.21. The van der Waals surface area contributed by atoms with E-state index < -0.39 is 11.7 Å². The summed E-state index contributed by atoms with van der Waals surface area (Å²) >= 11 is 5.67. The number of hydrogen-bond acceptors (Lipinski definition) is 3. The number of benzene rings is 1. The van der Waals surface area contributed by atoms with Crippen molar-refractivity contribution < 1.29 is 18.8 Å². The van der Waals surface area contributed by atoms with Crippen molar-refractivity contribution >= 4 is 35.0 Å². The smallest absolute Gasteiger partial charge is 0.244 e. The molecule has 1 N–H and O–H groups in total. The van der Waals surface area contributed by atoms with Crippen LogP contribution in [0.5, 0.6) is 0 Å². The molecule has 4 rings (SSSR count). The molecule has 5 nitrogen and oxygen atoms in total. The maximum Gasteiger partial charge on any atom is 0.244 e. The molecule has 2 fully saturated rings. The van der Waals surface area contributed by atoms with Crippen LogP contribution in [-0.4, -0.2) is 29.2 Å². The zero-order valence-electron chi connectivity index (χ0n) is 12.5. The number of halogens is 2. The minimum absolute atomic E-state index is 0.111. The van der Waals surface area contributed by atoms with Gasteiger partial charge in [-0.2, -0.15) is 0 Å². The van der Waals surface area contributed by atoms with Crippen LogP contribution < -0.4 is 5.32 Å². The van der Waals surface area contributed by atoms with Crippen LogP contribution in [-0.2, 0) is 14.4 Å². The first-order valence-electron chi connectivity index (χ1n) is 7.74. The molecule has 1 saturated heterocycles. The molecular formula is C17H14ClFN2O3. The van der Waals surface area contributed by atoms with E-state index in [0.717, 1.165) is 17.4 Å². The van der Waals surface area contributed by atoms with Gasteiger partial charge in [0.25, 0.3) is 0 Å². The highest BCUT2D eigenvalue weighted by Gasteiger charge is 2.59. The van der Waals surface area contributed by atoms with E-state index in [-0.39, 0.29) is 47.1 Å².